The van der Waals surface area contributed by atoms with Crippen molar-refractivity contribution in [2.75, 3.05) is 19.8 Å². The van der Waals surface area contributed by atoms with Gasteiger partial charge < -0.3 is 15.2 Å². The zero-order chi connectivity index (χ0) is 15.0. The van der Waals surface area contributed by atoms with Gasteiger partial charge >= 0.3 is 0 Å². The van der Waals surface area contributed by atoms with Gasteiger partial charge in [-0.05, 0) is 38.5 Å². The highest BCUT2D eigenvalue weighted by molar-refractivity contribution is 5.41. The molecular weight excluding hydrogens is 257 g/mol. The van der Waals surface area contributed by atoms with Gasteiger partial charge in [-0.15, -0.1) is 0 Å². The third-order valence-corrected chi connectivity index (χ3v) is 2.42. The summed E-state index contributed by atoms with van der Waals surface area (Å²) < 4.78 is 24.3. The van der Waals surface area contributed by atoms with E-state index in [1.165, 1.54) is 12.1 Å². The lowest BCUT2D eigenvalue weighted by molar-refractivity contribution is -0.0377. The van der Waals surface area contributed by atoms with E-state index in [-0.39, 0.29) is 18.0 Å². The zero-order valence-electron chi connectivity index (χ0n) is 12.3. The number of nitrogens with two attached hydrogens (primary N) is 1. The standard InChI is InChI=1S/C16H22FNO2/c1-16(2,3)20-10-9-19-12-14-6-7-15(17)11-13(14)5-4-8-18/h6-7,11H,8-10,12,18H2,1-3H3. The van der Waals surface area contributed by atoms with Crippen LogP contribution in [0.2, 0.25) is 0 Å². The number of hydrogen-bond donors (Lipinski definition) is 1. The third-order valence-electron chi connectivity index (χ3n) is 2.42. The van der Waals surface area contributed by atoms with Crippen LogP contribution in [0.1, 0.15) is 31.9 Å². The maximum atomic E-state index is 13.2. The van der Waals surface area contributed by atoms with Crippen molar-refractivity contribution in [3.63, 3.8) is 0 Å². The van der Waals surface area contributed by atoms with Crippen LogP contribution < -0.4 is 5.73 Å². The van der Waals surface area contributed by atoms with E-state index in [0.29, 0.717) is 25.4 Å². The molecule has 1 aromatic carbocycles. The van der Waals surface area contributed by atoms with E-state index < -0.39 is 0 Å². The summed E-state index contributed by atoms with van der Waals surface area (Å²) in [6.45, 7) is 7.61. The van der Waals surface area contributed by atoms with E-state index in [1.807, 2.05) is 20.8 Å². The predicted molar refractivity (Wildman–Crippen MR) is 77.7 cm³/mol. The van der Waals surface area contributed by atoms with Gasteiger partial charge in [0.1, 0.15) is 5.82 Å². The van der Waals surface area contributed by atoms with Crippen LogP contribution in [0.25, 0.3) is 0 Å². The molecule has 0 heterocycles. The number of benzene rings is 1. The summed E-state index contributed by atoms with van der Waals surface area (Å²) in [5, 5.41) is 0. The molecule has 4 heteroatoms. The van der Waals surface area contributed by atoms with Crippen molar-refractivity contribution >= 4 is 0 Å². The van der Waals surface area contributed by atoms with Crippen molar-refractivity contribution in [3.05, 3.63) is 35.1 Å². The van der Waals surface area contributed by atoms with Gasteiger partial charge in [0.15, 0.2) is 0 Å². The van der Waals surface area contributed by atoms with Crippen molar-refractivity contribution in [1.29, 1.82) is 0 Å². The molecule has 0 fully saturated rings. The van der Waals surface area contributed by atoms with E-state index in [1.54, 1.807) is 6.07 Å². The average molecular weight is 279 g/mol. The smallest absolute Gasteiger partial charge is 0.124 e. The Balaban J connectivity index is 2.51. The molecule has 0 aliphatic heterocycles. The van der Waals surface area contributed by atoms with Crippen molar-refractivity contribution in [3.8, 4) is 11.8 Å². The first-order valence-electron chi connectivity index (χ1n) is 6.61. The van der Waals surface area contributed by atoms with Gasteiger partial charge in [-0.2, -0.15) is 0 Å². The largest absolute Gasteiger partial charge is 0.374 e. The minimum absolute atomic E-state index is 0.170. The molecule has 20 heavy (non-hydrogen) atoms. The number of halogens is 1. The van der Waals surface area contributed by atoms with Gasteiger partial charge in [0, 0.05) is 5.56 Å². The maximum absolute atomic E-state index is 13.2. The maximum Gasteiger partial charge on any atom is 0.124 e. The summed E-state index contributed by atoms with van der Waals surface area (Å²) in [6.07, 6.45) is 0. The second kappa shape index (κ2) is 8.01. The molecule has 0 aromatic heterocycles. The van der Waals surface area contributed by atoms with E-state index >= 15 is 0 Å². The Morgan fingerprint density at radius 1 is 1.25 bits per heavy atom. The molecule has 0 aliphatic rings. The number of hydrogen-bond acceptors (Lipinski definition) is 3. The normalized spacial score (nSPS) is 11.1. The lowest BCUT2D eigenvalue weighted by Crippen LogP contribution is -2.21. The molecule has 0 atom stereocenters. The van der Waals surface area contributed by atoms with Gasteiger partial charge in [-0.1, -0.05) is 17.9 Å². The fourth-order valence-electron chi connectivity index (χ4n) is 1.53. The minimum Gasteiger partial charge on any atom is -0.374 e. The summed E-state index contributed by atoms with van der Waals surface area (Å²) in [5.74, 6) is 5.26. The molecule has 2 N–H and O–H groups in total. The molecule has 0 saturated carbocycles. The fourth-order valence-corrected chi connectivity index (χ4v) is 1.53. The monoisotopic (exact) mass is 279 g/mol. The topological polar surface area (TPSA) is 44.5 Å². The van der Waals surface area contributed by atoms with Gasteiger partial charge in [-0.25, -0.2) is 4.39 Å². The molecule has 0 saturated heterocycles. The molecule has 0 radical (unpaired) electrons. The summed E-state index contributed by atoms with van der Waals surface area (Å²) in [5.41, 5.74) is 6.63. The molecule has 110 valence electrons. The zero-order valence-corrected chi connectivity index (χ0v) is 12.3. The van der Waals surface area contributed by atoms with Gasteiger partial charge in [-0.3, -0.25) is 0 Å². The highest BCUT2D eigenvalue weighted by Gasteiger charge is 2.09. The Morgan fingerprint density at radius 3 is 2.65 bits per heavy atom. The van der Waals surface area contributed by atoms with Crippen LogP contribution >= 0.6 is 0 Å². The summed E-state index contributed by atoms with van der Waals surface area (Å²) >= 11 is 0. The van der Waals surface area contributed by atoms with E-state index in [4.69, 9.17) is 15.2 Å². The molecule has 0 aliphatic carbocycles. The Hall–Kier alpha value is -1.41. The van der Waals surface area contributed by atoms with Gasteiger partial charge in [0.05, 0.1) is 32.0 Å². The van der Waals surface area contributed by atoms with Crippen LogP contribution in [0.5, 0.6) is 0 Å². The molecule has 0 spiro atoms. The molecular formula is C16H22FNO2. The van der Waals surface area contributed by atoms with Crippen LogP contribution in [-0.2, 0) is 16.1 Å². The second-order valence-corrected chi connectivity index (χ2v) is 5.32. The first-order chi connectivity index (χ1) is 9.42. The lowest BCUT2D eigenvalue weighted by atomic mass is 10.1. The van der Waals surface area contributed by atoms with E-state index in [0.717, 1.165) is 5.56 Å². The molecule has 1 aromatic rings. The van der Waals surface area contributed by atoms with Crippen LogP contribution in [0.3, 0.4) is 0 Å². The van der Waals surface area contributed by atoms with Crippen molar-refractivity contribution < 1.29 is 13.9 Å². The highest BCUT2D eigenvalue weighted by atomic mass is 19.1. The summed E-state index contributed by atoms with van der Waals surface area (Å²) in [6, 6.07) is 4.48. The Morgan fingerprint density at radius 2 is 2.00 bits per heavy atom. The number of rotatable bonds is 5. The first-order valence-corrected chi connectivity index (χ1v) is 6.61. The predicted octanol–water partition coefficient (Wildman–Crippen LogP) is 2.47. The van der Waals surface area contributed by atoms with Crippen LogP contribution in [0.4, 0.5) is 4.39 Å². The van der Waals surface area contributed by atoms with Crippen LogP contribution in [0.15, 0.2) is 18.2 Å². The fraction of sp³-hybridized carbons (Fsp3) is 0.500. The Bertz CT molecular complexity index is 483. The van der Waals surface area contributed by atoms with Crippen molar-refractivity contribution in [2.45, 2.75) is 33.0 Å². The second-order valence-electron chi connectivity index (χ2n) is 5.32. The van der Waals surface area contributed by atoms with Gasteiger partial charge in [0.25, 0.3) is 0 Å². The van der Waals surface area contributed by atoms with Crippen LogP contribution in [-0.4, -0.2) is 25.4 Å². The average Bonchev–Trinajstić information content (AvgIpc) is 2.36. The Kier molecular flexibility index (Phi) is 6.66. The Labute approximate surface area is 120 Å². The quantitative estimate of drug-likeness (QED) is 0.665. The van der Waals surface area contributed by atoms with E-state index in [2.05, 4.69) is 11.8 Å². The lowest BCUT2D eigenvalue weighted by Gasteiger charge is -2.19. The van der Waals surface area contributed by atoms with Gasteiger partial charge in [0.2, 0.25) is 0 Å². The molecule has 0 unspecified atom stereocenters. The molecule has 1 rings (SSSR count). The summed E-state index contributed by atoms with van der Waals surface area (Å²) in [7, 11) is 0. The van der Waals surface area contributed by atoms with Crippen molar-refractivity contribution in [1.82, 2.24) is 0 Å². The van der Waals surface area contributed by atoms with E-state index in [9.17, 15) is 4.39 Å². The molecule has 3 nitrogen and oxygen atoms in total. The SMILES string of the molecule is CC(C)(C)OCCOCc1ccc(F)cc1C#CCN. The highest BCUT2D eigenvalue weighted by Crippen LogP contribution is 2.12. The first kappa shape index (κ1) is 16.6. The number of ether oxygens (including phenoxy) is 2. The molecule has 0 amide bonds. The van der Waals surface area contributed by atoms with Crippen LogP contribution in [0, 0.1) is 17.7 Å². The third kappa shape index (κ3) is 6.67. The summed E-state index contributed by atoms with van der Waals surface area (Å²) in [4.78, 5) is 0. The van der Waals surface area contributed by atoms with Crippen molar-refractivity contribution in [2.24, 2.45) is 5.73 Å². The minimum atomic E-state index is -0.314. The molecule has 0 bridgehead atoms.